The summed E-state index contributed by atoms with van der Waals surface area (Å²) in [6, 6.07) is 10.6. The molecule has 0 radical (unpaired) electrons. The van der Waals surface area contributed by atoms with E-state index >= 15 is 0 Å². The van der Waals surface area contributed by atoms with Crippen LogP contribution in [-0.4, -0.2) is 24.5 Å². The maximum absolute atomic E-state index is 13.1. The Balaban J connectivity index is 1.27. The molecule has 4 bridgehead atoms. The molecular formula is C22H30N2O. The van der Waals surface area contributed by atoms with E-state index in [-0.39, 0.29) is 11.5 Å². The van der Waals surface area contributed by atoms with Crippen molar-refractivity contribution in [2.75, 3.05) is 18.0 Å². The molecule has 134 valence electrons. The number of nitrogens with one attached hydrogen (secondary N) is 1. The lowest BCUT2D eigenvalue weighted by Crippen LogP contribution is -2.61. The molecule has 5 aliphatic rings. The van der Waals surface area contributed by atoms with Crippen LogP contribution in [0.15, 0.2) is 30.3 Å². The largest absolute Gasteiger partial charge is 0.371 e. The second-order valence-electron chi connectivity index (χ2n) is 9.31. The third-order valence-electron chi connectivity index (χ3n) is 7.34. The summed E-state index contributed by atoms with van der Waals surface area (Å²) < 4.78 is 0. The number of nitrogens with zero attached hydrogens (tertiary/aromatic N) is 1. The third kappa shape index (κ3) is 2.96. The van der Waals surface area contributed by atoms with Gasteiger partial charge in [-0.3, -0.25) is 4.79 Å². The highest BCUT2D eigenvalue weighted by atomic mass is 16.2. The summed E-state index contributed by atoms with van der Waals surface area (Å²) in [5.41, 5.74) is 1.41. The van der Waals surface area contributed by atoms with E-state index in [0.717, 1.165) is 43.7 Å². The summed E-state index contributed by atoms with van der Waals surface area (Å²) in [5.74, 6) is 3.15. The van der Waals surface area contributed by atoms with E-state index in [2.05, 4.69) is 40.5 Å². The van der Waals surface area contributed by atoms with Crippen LogP contribution in [0, 0.1) is 23.7 Å². The molecule has 1 aliphatic heterocycles. The van der Waals surface area contributed by atoms with Gasteiger partial charge in [0.15, 0.2) is 0 Å². The van der Waals surface area contributed by atoms with Crippen LogP contribution in [0.4, 0.5) is 5.69 Å². The predicted molar refractivity (Wildman–Crippen MR) is 100 cm³/mol. The molecule has 0 spiro atoms. The number of carbonyl (C=O) groups is 1. The zero-order valence-electron chi connectivity index (χ0n) is 15.1. The zero-order chi connectivity index (χ0) is 16.9. The third-order valence-corrected chi connectivity index (χ3v) is 7.34. The van der Waals surface area contributed by atoms with Gasteiger partial charge in [0.25, 0.3) is 0 Å². The summed E-state index contributed by atoms with van der Waals surface area (Å²) in [7, 11) is 0. The molecule has 4 saturated carbocycles. The maximum atomic E-state index is 13.1. The molecule has 25 heavy (non-hydrogen) atoms. The van der Waals surface area contributed by atoms with Gasteiger partial charge >= 0.3 is 0 Å². The second-order valence-corrected chi connectivity index (χ2v) is 9.31. The Labute approximate surface area is 151 Å². The van der Waals surface area contributed by atoms with Crippen LogP contribution in [0.2, 0.25) is 0 Å². The Kier molecular flexibility index (Phi) is 3.79. The van der Waals surface area contributed by atoms with E-state index in [0.29, 0.717) is 5.91 Å². The highest BCUT2D eigenvalue weighted by Crippen LogP contribution is 2.55. The van der Waals surface area contributed by atoms with Gasteiger partial charge in [0, 0.05) is 24.3 Å². The highest BCUT2D eigenvalue weighted by molar-refractivity contribution is 5.80. The van der Waals surface area contributed by atoms with Crippen LogP contribution in [-0.2, 0) is 4.79 Å². The molecule has 1 aromatic carbocycles. The summed E-state index contributed by atoms with van der Waals surface area (Å²) in [4.78, 5) is 15.5. The average molecular weight is 338 g/mol. The summed E-state index contributed by atoms with van der Waals surface area (Å²) in [5, 5.41) is 3.60. The minimum Gasteiger partial charge on any atom is -0.371 e. The Hall–Kier alpha value is -1.51. The van der Waals surface area contributed by atoms with Crippen molar-refractivity contribution in [1.82, 2.24) is 5.32 Å². The number of piperidine rings is 1. The molecule has 1 unspecified atom stereocenters. The molecular weight excluding hydrogens is 308 g/mol. The molecule has 3 nitrogen and oxygen atoms in total. The quantitative estimate of drug-likeness (QED) is 0.904. The van der Waals surface area contributed by atoms with Gasteiger partial charge in [0.05, 0.1) is 5.92 Å². The lowest BCUT2D eigenvalue weighted by atomic mass is 9.53. The van der Waals surface area contributed by atoms with E-state index in [9.17, 15) is 4.79 Å². The van der Waals surface area contributed by atoms with Gasteiger partial charge in [-0.25, -0.2) is 0 Å². The number of benzene rings is 1. The Morgan fingerprint density at radius 2 is 1.64 bits per heavy atom. The van der Waals surface area contributed by atoms with Crippen molar-refractivity contribution in [1.29, 1.82) is 0 Å². The first-order chi connectivity index (χ1) is 12.2. The van der Waals surface area contributed by atoms with Gasteiger partial charge in [-0.05, 0) is 81.3 Å². The minimum atomic E-state index is 0.154. The Morgan fingerprint density at radius 3 is 2.28 bits per heavy atom. The van der Waals surface area contributed by atoms with Crippen LogP contribution in [0.25, 0.3) is 0 Å². The molecule has 1 heterocycles. The molecule has 3 heteroatoms. The number of hydrogen-bond acceptors (Lipinski definition) is 2. The van der Waals surface area contributed by atoms with Gasteiger partial charge in [-0.1, -0.05) is 18.2 Å². The van der Waals surface area contributed by atoms with E-state index in [4.69, 9.17) is 0 Å². The summed E-state index contributed by atoms with van der Waals surface area (Å²) >= 11 is 0. The van der Waals surface area contributed by atoms with Gasteiger partial charge < -0.3 is 10.2 Å². The fourth-order valence-electron chi connectivity index (χ4n) is 6.69. The summed E-state index contributed by atoms with van der Waals surface area (Å²) in [6.45, 7) is 1.95. The van der Waals surface area contributed by atoms with Crippen molar-refractivity contribution in [3.05, 3.63) is 30.3 Å². The first kappa shape index (κ1) is 15.7. The number of para-hydroxylation sites is 1. The van der Waals surface area contributed by atoms with Gasteiger partial charge in [-0.2, -0.15) is 0 Å². The van der Waals surface area contributed by atoms with E-state index < -0.39 is 0 Å². The van der Waals surface area contributed by atoms with Crippen molar-refractivity contribution in [3.63, 3.8) is 0 Å². The number of anilines is 1. The predicted octanol–water partition coefficient (Wildman–Crippen LogP) is 3.99. The van der Waals surface area contributed by atoms with Crippen molar-refractivity contribution >= 4 is 11.6 Å². The van der Waals surface area contributed by atoms with Crippen LogP contribution in [0.3, 0.4) is 0 Å². The number of amides is 1. The SMILES string of the molecule is O=C(NC12CC3CC(CC(C3)C1)C2)C1CCCN(c2ccccc2)C1. The van der Waals surface area contributed by atoms with Crippen LogP contribution >= 0.6 is 0 Å². The smallest absolute Gasteiger partial charge is 0.225 e. The lowest BCUT2D eigenvalue weighted by molar-refractivity contribution is -0.131. The maximum Gasteiger partial charge on any atom is 0.225 e. The van der Waals surface area contributed by atoms with Crippen LogP contribution in [0.5, 0.6) is 0 Å². The average Bonchev–Trinajstić information content (AvgIpc) is 2.61. The van der Waals surface area contributed by atoms with Gasteiger partial charge in [0.1, 0.15) is 0 Å². The lowest BCUT2D eigenvalue weighted by Gasteiger charge is -2.57. The van der Waals surface area contributed by atoms with E-state index in [1.54, 1.807) is 0 Å². The zero-order valence-corrected chi connectivity index (χ0v) is 15.1. The normalized spacial score (nSPS) is 39.4. The van der Waals surface area contributed by atoms with E-state index in [1.807, 2.05) is 0 Å². The standard InChI is InChI=1S/C22H30N2O/c25-21(19-5-4-8-24(15-19)20-6-2-1-3-7-20)23-22-12-16-9-17(13-22)11-18(10-16)14-22/h1-3,6-7,16-19H,4-5,8-15H2,(H,23,25). The first-order valence-corrected chi connectivity index (χ1v) is 10.3. The number of carbonyl (C=O) groups excluding carboxylic acids is 1. The Bertz CT molecular complexity index is 605. The van der Waals surface area contributed by atoms with E-state index in [1.165, 1.54) is 44.2 Å². The first-order valence-electron chi connectivity index (χ1n) is 10.3. The molecule has 1 amide bonds. The highest BCUT2D eigenvalue weighted by Gasteiger charge is 2.51. The molecule has 4 aliphatic carbocycles. The van der Waals surface area contributed by atoms with Crippen molar-refractivity contribution < 1.29 is 4.79 Å². The molecule has 1 saturated heterocycles. The molecule has 0 aromatic heterocycles. The second kappa shape index (κ2) is 6.03. The topological polar surface area (TPSA) is 32.3 Å². The molecule has 1 aromatic rings. The van der Waals surface area contributed by atoms with Crippen molar-refractivity contribution in [2.45, 2.75) is 56.9 Å². The molecule has 6 rings (SSSR count). The van der Waals surface area contributed by atoms with Crippen LogP contribution < -0.4 is 10.2 Å². The van der Waals surface area contributed by atoms with Crippen LogP contribution in [0.1, 0.15) is 51.4 Å². The fraction of sp³-hybridized carbons (Fsp3) is 0.682. The van der Waals surface area contributed by atoms with Crippen molar-refractivity contribution in [2.24, 2.45) is 23.7 Å². The van der Waals surface area contributed by atoms with Gasteiger partial charge in [0.2, 0.25) is 5.91 Å². The van der Waals surface area contributed by atoms with Gasteiger partial charge in [-0.15, -0.1) is 0 Å². The monoisotopic (exact) mass is 338 g/mol. The molecule has 1 atom stereocenters. The Morgan fingerprint density at radius 1 is 1.00 bits per heavy atom. The number of hydrogen-bond donors (Lipinski definition) is 1. The van der Waals surface area contributed by atoms with Crippen molar-refractivity contribution in [3.8, 4) is 0 Å². The molecule has 5 fully saturated rings. The minimum absolute atomic E-state index is 0.154. The molecule has 1 N–H and O–H groups in total. The fourth-order valence-corrected chi connectivity index (χ4v) is 6.69. The number of rotatable bonds is 3. The summed E-state index contributed by atoms with van der Waals surface area (Å²) in [6.07, 6.45) is 10.2.